The first-order valence-electron chi connectivity index (χ1n) is 5.60. The van der Waals surface area contributed by atoms with Gasteiger partial charge in [-0.1, -0.05) is 12.1 Å². The monoisotopic (exact) mass is 219 g/mol. The highest BCUT2D eigenvalue weighted by atomic mass is 16.2. The molecule has 4 heteroatoms. The third-order valence-corrected chi connectivity index (χ3v) is 2.81. The molecule has 0 aromatic heterocycles. The summed E-state index contributed by atoms with van der Waals surface area (Å²) in [4.78, 5) is 14.0. The van der Waals surface area contributed by atoms with Gasteiger partial charge in [-0.2, -0.15) is 0 Å². The van der Waals surface area contributed by atoms with E-state index in [9.17, 15) is 4.79 Å². The highest BCUT2D eigenvalue weighted by Crippen LogP contribution is 2.08. The Kier molecular flexibility index (Phi) is 3.54. The van der Waals surface area contributed by atoms with Gasteiger partial charge in [0, 0.05) is 38.3 Å². The van der Waals surface area contributed by atoms with E-state index in [2.05, 4.69) is 5.32 Å². The topological polar surface area (TPSA) is 58.4 Å². The molecule has 1 aliphatic heterocycles. The molecule has 1 heterocycles. The summed E-state index contributed by atoms with van der Waals surface area (Å²) in [5, 5.41) is 3.23. The third kappa shape index (κ3) is 2.40. The van der Waals surface area contributed by atoms with E-state index in [0.29, 0.717) is 6.54 Å². The van der Waals surface area contributed by atoms with E-state index in [1.165, 1.54) is 0 Å². The molecule has 16 heavy (non-hydrogen) atoms. The Morgan fingerprint density at radius 2 is 2.12 bits per heavy atom. The maximum atomic E-state index is 12.1. The number of benzene rings is 1. The second-order valence-electron chi connectivity index (χ2n) is 3.95. The van der Waals surface area contributed by atoms with Crippen LogP contribution in [0.2, 0.25) is 0 Å². The van der Waals surface area contributed by atoms with Crippen LogP contribution in [-0.4, -0.2) is 37.0 Å². The Hall–Kier alpha value is -1.39. The zero-order valence-corrected chi connectivity index (χ0v) is 9.28. The van der Waals surface area contributed by atoms with Crippen molar-refractivity contribution in [3.63, 3.8) is 0 Å². The van der Waals surface area contributed by atoms with Crippen LogP contribution < -0.4 is 11.1 Å². The molecule has 0 aliphatic carbocycles. The minimum Gasteiger partial charge on any atom is -0.336 e. The predicted octanol–water partition coefficient (Wildman–Crippen LogP) is 0.191. The molecule has 0 unspecified atom stereocenters. The maximum Gasteiger partial charge on any atom is 0.253 e. The van der Waals surface area contributed by atoms with Crippen LogP contribution in [0.4, 0.5) is 0 Å². The standard InChI is InChI=1S/C12H17N3O/c13-9-10-2-1-3-11(8-10)12(16)15-6-4-14-5-7-15/h1-3,8,14H,4-7,9,13H2. The van der Waals surface area contributed by atoms with Crippen LogP contribution in [-0.2, 0) is 6.54 Å². The number of nitrogens with zero attached hydrogens (tertiary/aromatic N) is 1. The van der Waals surface area contributed by atoms with Gasteiger partial charge in [-0.3, -0.25) is 4.79 Å². The molecule has 1 aromatic carbocycles. The number of amides is 1. The molecule has 86 valence electrons. The summed E-state index contributed by atoms with van der Waals surface area (Å²) in [5.74, 6) is 0.108. The number of hydrogen-bond acceptors (Lipinski definition) is 3. The van der Waals surface area contributed by atoms with Crippen LogP contribution in [0.25, 0.3) is 0 Å². The Balaban J connectivity index is 2.12. The molecule has 1 saturated heterocycles. The van der Waals surface area contributed by atoms with E-state index in [-0.39, 0.29) is 5.91 Å². The summed E-state index contributed by atoms with van der Waals surface area (Å²) >= 11 is 0. The largest absolute Gasteiger partial charge is 0.336 e. The summed E-state index contributed by atoms with van der Waals surface area (Å²) in [5.41, 5.74) is 7.30. The van der Waals surface area contributed by atoms with E-state index >= 15 is 0 Å². The molecule has 0 bridgehead atoms. The lowest BCUT2D eigenvalue weighted by molar-refractivity contribution is 0.0735. The van der Waals surface area contributed by atoms with Crippen LogP contribution in [0.5, 0.6) is 0 Å². The summed E-state index contributed by atoms with van der Waals surface area (Å²) < 4.78 is 0. The van der Waals surface area contributed by atoms with Gasteiger partial charge in [0.1, 0.15) is 0 Å². The van der Waals surface area contributed by atoms with Crippen molar-refractivity contribution in [3.05, 3.63) is 35.4 Å². The number of hydrogen-bond donors (Lipinski definition) is 2. The lowest BCUT2D eigenvalue weighted by Gasteiger charge is -2.27. The fourth-order valence-electron chi connectivity index (χ4n) is 1.88. The molecule has 3 N–H and O–H groups in total. The van der Waals surface area contributed by atoms with Crippen molar-refractivity contribution in [3.8, 4) is 0 Å². The molecule has 2 rings (SSSR count). The van der Waals surface area contributed by atoms with Crippen molar-refractivity contribution in [2.75, 3.05) is 26.2 Å². The minimum atomic E-state index is 0.108. The maximum absolute atomic E-state index is 12.1. The summed E-state index contributed by atoms with van der Waals surface area (Å²) in [6.45, 7) is 3.80. The van der Waals surface area contributed by atoms with Gasteiger partial charge in [-0.25, -0.2) is 0 Å². The minimum absolute atomic E-state index is 0.108. The van der Waals surface area contributed by atoms with Gasteiger partial charge in [-0.15, -0.1) is 0 Å². The number of nitrogens with one attached hydrogen (secondary N) is 1. The SMILES string of the molecule is NCc1cccc(C(=O)N2CCNCC2)c1. The molecular formula is C12H17N3O. The Bertz CT molecular complexity index is 372. The average molecular weight is 219 g/mol. The molecule has 0 atom stereocenters. The predicted molar refractivity (Wildman–Crippen MR) is 63.1 cm³/mol. The summed E-state index contributed by atoms with van der Waals surface area (Å²) in [7, 11) is 0. The van der Waals surface area contributed by atoms with Crippen molar-refractivity contribution in [2.24, 2.45) is 5.73 Å². The van der Waals surface area contributed by atoms with Gasteiger partial charge in [-0.05, 0) is 17.7 Å². The Morgan fingerprint density at radius 1 is 1.38 bits per heavy atom. The Morgan fingerprint density at radius 3 is 2.81 bits per heavy atom. The fourth-order valence-corrected chi connectivity index (χ4v) is 1.88. The number of carbonyl (C=O) groups excluding carboxylic acids is 1. The van der Waals surface area contributed by atoms with Gasteiger partial charge >= 0.3 is 0 Å². The van der Waals surface area contributed by atoms with Crippen LogP contribution in [0, 0.1) is 0 Å². The normalized spacial score (nSPS) is 16.2. The van der Waals surface area contributed by atoms with E-state index in [0.717, 1.165) is 37.3 Å². The molecule has 0 spiro atoms. The van der Waals surface area contributed by atoms with Crippen LogP contribution in [0.15, 0.2) is 24.3 Å². The van der Waals surface area contributed by atoms with E-state index < -0.39 is 0 Å². The van der Waals surface area contributed by atoms with E-state index in [1.54, 1.807) is 0 Å². The number of carbonyl (C=O) groups is 1. The molecular weight excluding hydrogens is 202 g/mol. The van der Waals surface area contributed by atoms with Crippen molar-refractivity contribution in [1.29, 1.82) is 0 Å². The fraction of sp³-hybridized carbons (Fsp3) is 0.417. The number of rotatable bonds is 2. The molecule has 0 radical (unpaired) electrons. The Labute approximate surface area is 95.4 Å². The van der Waals surface area contributed by atoms with Crippen molar-refractivity contribution in [1.82, 2.24) is 10.2 Å². The molecule has 4 nitrogen and oxygen atoms in total. The van der Waals surface area contributed by atoms with Gasteiger partial charge in [0.2, 0.25) is 0 Å². The molecule has 1 fully saturated rings. The highest BCUT2D eigenvalue weighted by molar-refractivity contribution is 5.94. The highest BCUT2D eigenvalue weighted by Gasteiger charge is 2.17. The second kappa shape index (κ2) is 5.09. The van der Waals surface area contributed by atoms with E-state index in [1.807, 2.05) is 29.2 Å². The molecule has 1 amide bonds. The number of nitrogens with two attached hydrogens (primary N) is 1. The smallest absolute Gasteiger partial charge is 0.253 e. The van der Waals surface area contributed by atoms with Gasteiger partial charge in [0.05, 0.1) is 0 Å². The lowest BCUT2D eigenvalue weighted by Crippen LogP contribution is -2.46. The second-order valence-corrected chi connectivity index (χ2v) is 3.95. The van der Waals surface area contributed by atoms with Crippen molar-refractivity contribution >= 4 is 5.91 Å². The zero-order valence-electron chi connectivity index (χ0n) is 9.28. The van der Waals surface area contributed by atoms with Crippen molar-refractivity contribution in [2.45, 2.75) is 6.54 Å². The summed E-state index contributed by atoms with van der Waals surface area (Å²) in [6, 6.07) is 7.56. The first kappa shape index (κ1) is 11.1. The average Bonchev–Trinajstić information content (AvgIpc) is 2.39. The lowest BCUT2D eigenvalue weighted by atomic mass is 10.1. The van der Waals surface area contributed by atoms with Crippen LogP contribution in [0.1, 0.15) is 15.9 Å². The summed E-state index contributed by atoms with van der Waals surface area (Å²) in [6.07, 6.45) is 0. The quantitative estimate of drug-likeness (QED) is 0.746. The van der Waals surface area contributed by atoms with Crippen LogP contribution >= 0.6 is 0 Å². The molecule has 1 aliphatic rings. The first-order chi connectivity index (χ1) is 7.81. The van der Waals surface area contributed by atoms with Gasteiger partial charge < -0.3 is 16.0 Å². The van der Waals surface area contributed by atoms with Crippen LogP contribution in [0.3, 0.4) is 0 Å². The first-order valence-corrected chi connectivity index (χ1v) is 5.60. The third-order valence-electron chi connectivity index (χ3n) is 2.81. The zero-order chi connectivity index (χ0) is 11.4. The number of piperazine rings is 1. The van der Waals surface area contributed by atoms with Gasteiger partial charge in [0.15, 0.2) is 0 Å². The molecule has 1 aromatic rings. The molecule has 0 saturated carbocycles. The van der Waals surface area contributed by atoms with Gasteiger partial charge in [0.25, 0.3) is 5.91 Å². The van der Waals surface area contributed by atoms with E-state index in [4.69, 9.17) is 5.73 Å². The van der Waals surface area contributed by atoms with Crippen molar-refractivity contribution < 1.29 is 4.79 Å².